The van der Waals surface area contributed by atoms with Crippen LogP contribution in [-0.2, 0) is 4.79 Å². The number of nitrogens with zero attached hydrogens (tertiary/aromatic N) is 5. The molecule has 1 aliphatic heterocycles. The van der Waals surface area contributed by atoms with E-state index in [0.29, 0.717) is 30.0 Å². The molecule has 1 atom stereocenters. The Morgan fingerprint density at radius 1 is 1.39 bits per heavy atom. The Balaban J connectivity index is 1.87. The number of carboxylic acid groups (broad SMARTS) is 1. The second kappa shape index (κ2) is 6.03. The summed E-state index contributed by atoms with van der Waals surface area (Å²) in [5.41, 5.74) is 0.972. The van der Waals surface area contributed by atoms with Gasteiger partial charge in [-0.25, -0.2) is 0 Å². The minimum Gasteiger partial charge on any atom is -0.494 e. The lowest BCUT2D eigenvalue weighted by Gasteiger charge is -2.17. The van der Waals surface area contributed by atoms with Crippen LogP contribution in [0.15, 0.2) is 24.5 Å². The fourth-order valence-electron chi connectivity index (χ4n) is 2.60. The van der Waals surface area contributed by atoms with Crippen molar-refractivity contribution in [2.45, 2.75) is 6.42 Å². The van der Waals surface area contributed by atoms with Gasteiger partial charge in [-0.2, -0.15) is 4.68 Å². The largest absolute Gasteiger partial charge is 0.494 e. The summed E-state index contributed by atoms with van der Waals surface area (Å²) in [5.74, 6) is -1.06. The zero-order valence-corrected chi connectivity index (χ0v) is 12.4. The third kappa shape index (κ3) is 2.85. The predicted octanol–water partition coefficient (Wildman–Crippen LogP) is 0.218. The van der Waals surface area contributed by atoms with Gasteiger partial charge in [-0.3, -0.25) is 9.59 Å². The van der Waals surface area contributed by atoms with Crippen molar-refractivity contribution in [1.82, 2.24) is 25.1 Å². The van der Waals surface area contributed by atoms with E-state index < -0.39 is 11.9 Å². The average Bonchev–Trinajstić information content (AvgIpc) is 3.24. The van der Waals surface area contributed by atoms with Gasteiger partial charge in [0, 0.05) is 18.7 Å². The summed E-state index contributed by atoms with van der Waals surface area (Å²) in [5, 5.41) is 20.0. The highest BCUT2D eigenvalue weighted by atomic mass is 16.5. The van der Waals surface area contributed by atoms with Crippen LogP contribution in [0.1, 0.15) is 16.8 Å². The fourth-order valence-corrected chi connectivity index (χ4v) is 2.60. The Morgan fingerprint density at radius 3 is 2.83 bits per heavy atom. The number of methoxy groups -OCH3 is 1. The third-order valence-electron chi connectivity index (χ3n) is 3.85. The van der Waals surface area contributed by atoms with E-state index in [0.717, 1.165) is 0 Å². The Kier molecular flexibility index (Phi) is 3.92. The van der Waals surface area contributed by atoms with E-state index in [-0.39, 0.29) is 12.5 Å². The summed E-state index contributed by atoms with van der Waals surface area (Å²) >= 11 is 0. The van der Waals surface area contributed by atoms with Crippen molar-refractivity contribution < 1.29 is 19.4 Å². The van der Waals surface area contributed by atoms with E-state index in [1.165, 1.54) is 18.1 Å². The summed E-state index contributed by atoms with van der Waals surface area (Å²) in [4.78, 5) is 25.1. The van der Waals surface area contributed by atoms with Crippen LogP contribution in [0.4, 0.5) is 0 Å². The zero-order valence-electron chi connectivity index (χ0n) is 12.4. The van der Waals surface area contributed by atoms with Crippen molar-refractivity contribution >= 4 is 11.9 Å². The van der Waals surface area contributed by atoms with E-state index >= 15 is 0 Å². The first-order valence-electron chi connectivity index (χ1n) is 7.03. The molecular weight excluding hydrogens is 302 g/mol. The van der Waals surface area contributed by atoms with Crippen LogP contribution >= 0.6 is 0 Å². The Labute approximate surface area is 131 Å². The summed E-state index contributed by atoms with van der Waals surface area (Å²) in [6, 6.07) is 4.93. The number of tetrazole rings is 1. The topological polar surface area (TPSA) is 110 Å². The molecule has 1 saturated heterocycles. The van der Waals surface area contributed by atoms with Gasteiger partial charge >= 0.3 is 5.97 Å². The molecule has 1 aromatic heterocycles. The molecule has 120 valence electrons. The molecule has 2 aromatic rings. The molecule has 0 spiro atoms. The van der Waals surface area contributed by atoms with E-state index in [9.17, 15) is 9.59 Å². The van der Waals surface area contributed by atoms with Crippen LogP contribution in [0, 0.1) is 5.92 Å². The van der Waals surface area contributed by atoms with Gasteiger partial charge in [0.15, 0.2) is 0 Å². The second-order valence-electron chi connectivity index (χ2n) is 5.22. The van der Waals surface area contributed by atoms with Crippen molar-refractivity contribution in [2.24, 2.45) is 5.92 Å². The van der Waals surface area contributed by atoms with Crippen molar-refractivity contribution in [3.63, 3.8) is 0 Å². The van der Waals surface area contributed by atoms with Crippen molar-refractivity contribution in [1.29, 1.82) is 0 Å². The van der Waals surface area contributed by atoms with Crippen molar-refractivity contribution in [3.05, 3.63) is 30.1 Å². The van der Waals surface area contributed by atoms with E-state index in [1.807, 2.05) is 0 Å². The van der Waals surface area contributed by atoms with Gasteiger partial charge in [0.1, 0.15) is 17.8 Å². The zero-order chi connectivity index (χ0) is 16.4. The Hall–Kier alpha value is -2.97. The molecule has 1 unspecified atom stereocenters. The van der Waals surface area contributed by atoms with Gasteiger partial charge in [0.25, 0.3) is 5.91 Å². The molecule has 1 fully saturated rings. The maximum absolute atomic E-state index is 12.6. The molecule has 1 amide bonds. The number of benzene rings is 1. The van der Waals surface area contributed by atoms with Crippen LogP contribution < -0.4 is 4.74 Å². The number of aromatic nitrogens is 4. The number of ether oxygens (including phenoxy) is 1. The molecule has 0 radical (unpaired) electrons. The predicted molar refractivity (Wildman–Crippen MR) is 77.4 cm³/mol. The molecule has 9 heteroatoms. The number of carbonyl (C=O) groups is 2. The molecule has 0 aliphatic carbocycles. The van der Waals surface area contributed by atoms with Gasteiger partial charge < -0.3 is 14.7 Å². The second-order valence-corrected chi connectivity index (χ2v) is 5.22. The molecule has 23 heavy (non-hydrogen) atoms. The van der Waals surface area contributed by atoms with E-state index in [1.54, 1.807) is 23.1 Å². The molecular formula is C14H15N5O4. The highest BCUT2D eigenvalue weighted by molar-refractivity contribution is 5.95. The number of hydrogen-bond donors (Lipinski definition) is 1. The number of likely N-dealkylation sites (tertiary alicyclic amines) is 1. The number of aliphatic carboxylic acids is 1. The maximum Gasteiger partial charge on any atom is 0.308 e. The summed E-state index contributed by atoms with van der Waals surface area (Å²) < 4.78 is 6.66. The normalized spacial score (nSPS) is 17.3. The molecule has 3 rings (SSSR count). The van der Waals surface area contributed by atoms with Crippen LogP contribution in [0.5, 0.6) is 5.75 Å². The molecule has 2 heterocycles. The van der Waals surface area contributed by atoms with Gasteiger partial charge in [-0.1, -0.05) is 0 Å². The molecule has 1 N–H and O–H groups in total. The van der Waals surface area contributed by atoms with E-state index in [2.05, 4.69) is 15.5 Å². The van der Waals surface area contributed by atoms with Gasteiger partial charge in [0.05, 0.1) is 13.0 Å². The average molecular weight is 317 g/mol. The molecule has 1 aliphatic rings. The summed E-state index contributed by atoms with van der Waals surface area (Å²) in [7, 11) is 1.52. The standard InChI is InChI=1S/C14H15N5O4/c1-23-12-3-2-9(6-11(12)19-8-15-16-17-19)13(20)18-5-4-10(7-18)14(21)22/h2-3,6,8,10H,4-5,7H2,1H3,(H,21,22). The highest BCUT2D eigenvalue weighted by Crippen LogP contribution is 2.25. The van der Waals surface area contributed by atoms with E-state index in [4.69, 9.17) is 9.84 Å². The van der Waals surface area contributed by atoms with Crippen molar-refractivity contribution in [3.8, 4) is 11.4 Å². The first-order valence-corrected chi connectivity index (χ1v) is 7.03. The molecule has 9 nitrogen and oxygen atoms in total. The van der Waals surface area contributed by atoms with Gasteiger partial charge in [-0.15, -0.1) is 5.10 Å². The van der Waals surface area contributed by atoms with Gasteiger partial charge in [-0.05, 0) is 35.0 Å². The Morgan fingerprint density at radius 2 is 2.22 bits per heavy atom. The number of carbonyl (C=O) groups excluding carboxylic acids is 1. The third-order valence-corrected chi connectivity index (χ3v) is 3.85. The van der Waals surface area contributed by atoms with Crippen molar-refractivity contribution in [2.75, 3.05) is 20.2 Å². The maximum atomic E-state index is 12.6. The van der Waals surface area contributed by atoms with Crippen LogP contribution in [0.25, 0.3) is 5.69 Å². The fraction of sp³-hybridized carbons (Fsp3) is 0.357. The lowest BCUT2D eigenvalue weighted by atomic mass is 10.1. The number of hydrogen-bond acceptors (Lipinski definition) is 6. The quantitative estimate of drug-likeness (QED) is 0.858. The monoisotopic (exact) mass is 317 g/mol. The molecule has 0 saturated carbocycles. The minimum absolute atomic E-state index is 0.217. The molecule has 1 aromatic carbocycles. The van der Waals surface area contributed by atoms with Crippen LogP contribution in [-0.4, -0.2) is 62.3 Å². The first-order chi connectivity index (χ1) is 11.1. The summed E-state index contributed by atoms with van der Waals surface area (Å²) in [6.45, 7) is 0.655. The minimum atomic E-state index is -0.871. The van der Waals surface area contributed by atoms with Gasteiger partial charge in [0.2, 0.25) is 0 Å². The number of amides is 1. The molecule has 0 bridgehead atoms. The summed E-state index contributed by atoms with van der Waals surface area (Å²) in [6.07, 6.45) is 1.87. The highest BCUT2D eigenvalue weighted by Gasteiger charge is 2.31. The lowest BCUT2D eigenvalue weighted by molar-refractivity contribution is -0.141. The smallest absolute Gasteiger partial charge is 0.308 e. The number of rotatable bonds is 4. The van der Waals surface area contributed by atoms with Crippen LogP contribution in [0.2, 0.25) is 0 Å². The first kappa shape index (κ1) is 14.9. The SMILES string of the molecule is COc1ccc(C(=O)N2CCC(C(=O)O)C2)cc1-n1cnnn1. The Bertz CT molecular complexity index is 731. The number of carboxylic acids is 1. The lowest BCUT2D eigenvalue weighted by Crippen LogP contribution is -2.30. The van der Waals surface area contributed by atoms with Crippen LogP contribution in [0.3, 0.4) is 0 Å².